The minimum absolute atomic E-state index is 0.183. The van der Waals surface area contributed by atoms with Crippen LogP contribution in [0.25, 0.3) is 0 Å². The molecule has 0 bridgehead atoms. The van der Waals surface area contributed by atoms with Gasteiger partial charge in [0.25, 0.3) is 0 Å². The van der Waals surface area contributed by atoms with Crippen molar-refractivity contribution < 1.29 is 18.0 Å². The van der Waals surface area contributed by atoms with Crippen molar-refractivity contribution in [2.75, 3.05) is 38.5 Å². The number of halogens is 3. The van der Waals surface area contributed by atoms with Gasteiger partial charge in [0, 0.05) is 13.1 Å². The quantitative estimate of drug-likeness (QED) is 0.768. The summed E-state index contributed by atoms with van der Waals surface area (Å²) in [7, 11) is 2.16. The first-order valence-corrected chi connectivity index (χ1v) is 11.0. The monoisotopic (exact) mass is 450 g/mol. The average Bonchev–Trinajstić information content (AvgIpc) is 3.10. The summed E-state index contributed by atoms with van der Waals surface area (Å²) in [4.78, 5) is 17.0. The fourth-order valence-corrected chi connectivity index (χ4v) is 4.56. The second kappa shape index (κ2) is 8.73. The van der Waals surface area contributed by atoms with Gasteiger partial charge in [-0.2, -0.15) is 13.2 Å². The van der Waals surface area contributed by atoms with Crippen molar-refractivity contribution in [2.24, 2.45) is 5.41 Å². The van der Waals surface area contributed by atoms with Gasteiger partial charge in [0.15, 0.2) is 5.82 Å². The second-order valence-corrected chi connectivity index (χ2v) is 9.10. The van der Waals surface area contributed by atoms with E-state index in [1.165, 1.54) is 25.0 Å². The number of nitrogens with one attached hydrogen (secondary N) is 1. The molecule has 0 aliphatic carbocycles. The first kappa shape index (κ1) is 22.6. The van der Waals surface area contributed by atoms with Crippen molar-refractivity contribution in [1.82, 2.24) is 24.8 Å². The Morgan fingerprint density at radius 1 is 1.06 bits per heavy atom. The van der Waals surface area contributed by atoms with E-state index in [9.17, 15) is 18.0 Å². The standard InChI is InChI=1S/C22H29F3N6O/c1-16-19(27-28-31(16)15-17-3-5-18(6-4-17)22(23,24)25)26-20(32)30-13-9-21(10-14-30)7-11-29(2)12-8-21/h3-6H,7-15H2,1-2H3,(H,26,32). The Labute approximate surface area is 185 Å². The lowest BCUT2D eigenvalue weighted by atomic mass is 9.71. The van der Waals surface area contributed by atoms with E-state index in [4.69, 9.17) is 0 Å². The van der Waals surface area contributed by atoms with Gasteiger partial charge >= 0.3 is 12.2 Å². The summed E-state index contributed by atoms with van der Waals surface area (Å²) in [5.41, 5.74) is 1.00. The second-order valence-electron chi connectivity index (χ2n) is 9.10. The van der Waals surface area contributed by atoms with Crippen LogP contribution in [0.2, 0.25) is 0 Å². The SMILES string of the molecule is Cc1c(NC(=O)N2CCC3(CCN(C)CC3)CC2)nnn1Cc1ccc(C(F)(F)F)cc1. The number of likely N-dealkylation sites (tertiary alicyclic amines) is 2. The van der Waals surface area contributed by atoms with Crippen LogP contribution >= 0.6 is 0 Å². The highest BCUT2D eigenvalue weighted by atomic mass is 19.4. The number of amides is 2. The molecule has 1 aromatic carbocycles. The summed E-state index contributed by atoms with van der Waals surface area (Å²) < 4.78 is 39.8. The molecule has 2 amide bonds. The first-order chi connectivity index (χ1) is 15.2. The van der Waals surface area contributed by atoms with E-state index in [0.29, 0.717) is 22.5 Å². The van der Waals surface area contributed by atoms with E-state index in [-0.39, 0.29) is 12.6 Å². The van der Waals surface area contributed by atoms with Gasteiger partial charge < -0.3 is 9.80 Å². The normalized spacial score (nSPS) is 19.3. The van der Waals surface area contributed by atoms with E-state index in [2.05, 4.69) is 27.6 Å². The molecule has 3 heterocycles. The number of hydrogen-bond acceptors (Lipinski definition) is 4. The van der Waals surface area contributed by atoms with E-state index in [1.807, 2.05) is 4.90 Å². The van der Waals surface area contributed by atoms with Crippen LogP contribution in [0.15, 0.2) is 24.3 Å². The molecule has 0 unspecified atom stereocenters. The van der Waals surface area contributed by atoms with Gasteiger partial charge in [-0.05, 0) is 75.9 Å². The van der Waals surface area contributed by atoms with Crippen molar-refractivity contribution in [3.63, 3.8) is 0 Å². The van der Waals surface area contributed by atoms with E-state index in [1.54, 1.807) is 11.6 Å². The number of rotatable bonds is 3. The fraction of sp³-hybridized carbons (Fsp3) is 0.591. The van der Waals surface area contributed by atoms with Crippen LogP contribution in [0.1, 0.15) is 42.5 Å². The molecule has 7 nitrogen and oxygen atoms in total. The number of anilines is 1. The third kappa shape index (κ3) is 4.90. The molecule has 0 atom stereocenters. The fourth-order valence-electron chi connectivity index (χ4n) is 4.56. The van der Waals surface area contributed by atoms with Crippen LogP contribution in [0.5, 0.6) is 0 Å². The molecule has 2 aromatic rings. The molecule has 2 fully saturated rings. The molecule has 0 radical (unpaired) electrons. The Morgan fingerprint density at radius 3 is 2.25 bits per heavy atom. The Morgan fingerprint density at radius 2 is 1.66 bits per heavy atom. The molecule has 2 saturated heterocycles. The van der Waals surface area contributed by atoms with E-state index in [0.717, 1.165) is 51.2 Å². The van der Waals surface area contributed by atoms with Crippen LogP contribution in [0.4, 0.5) is 23.8 Å². The summed E-state index contributed by atoms with van der Waals surface area (Å²) >= 11 is 0. The molecule has 2 aliphatic rings. The van der Waals surface area contributed by atoms with Crippen LogP contribution in [0, 0.1) is 12.3 Å². The number of alkyl halides is 3. The molecule has 32 heavy (non-hydrogen) atoms. The first-order valence-electron chi connectivity index (χ1n) is 11.0. The van der Waals surface area contributed by atoms with Gasteiger partial charge in [0.2, 0.25) is 0 Å². The molecule has 1 aromatic heterocycles. The largest absolute Gasteiger partial charge is 0.416 e. The van der Waals surface area contributed by atoms with Gasteiger partial charge in [-0.15, -0.1) is 5.10 Å². The lowest BCUT2D eigenvalue weighted by Gasteiger charge is -2.46. The minimum Gasteiger partial charge on any atom is -0.324 e. The van der Waals surface area contributed by atoms with Gasteiger partial charge in [0.05, 0.1) is 17.8 Å². The number of hydrogen-bond donors (Lipinski definition) is 1. The van der Waals surface area contributed by atoms with Crippen LogP contribution in [-0.2, 0) is 12.7 Å². The zero-order valence-electron chi connectivity index (χ0n) is 18.5. The van der Waals surface area contributed by atoms with Gasteiger partial charge in [-0.1, -0.05) is 17.3 Å². The predicted octanol–water partition coefficient (Wildman–Crippen LogP) is 3.99. The summed E-state index contributed by atoms with van der Waals surface area (Å²) in [6.45, 7) is 5.75. The molecule has 174 valence electrons. The number of carbonyl (C=O) groups excluding carboxylic acids is 1. The highest BCUT2D eigenvalue weighted by molar-refractivity contribution is 5.88. The van der Waals surface area contributed by atoms with E-state index >= 15 is 0 Å². The van der Waals surface area contributed by atoms with Crippen LogP contribution in [-0.4, -0.2) is 64.1 Å². The molecule has 1 spiro atoms. The molecule has 4 rings (SSSR count). The van der Waals surface area contributed by atoms with Gasteiger partial charge in [-0.25, -0.2) is 9.48 Å². The lowest BCUT2D eigenvalue weighted by molar-refractivity contribution is -0.137. The van der Waals surface area contributed by atoms with Crippen molar-refractivity contribution in [2.45, 2.75) is 45.3 Å². The minimum atomic E-state index is -4.36. The smallest absolute Gasteiger partial charge is 0.324 e. The summed E-state index contributed by atoms with van der Waals surface area (Å²) in [6.07, 6.45) is 0.0645. The highest BCUT2D eigenvalue weighted by Gasteiger charge is 2.38. The molecule has 10 heteroatoms. The molecule has 2 aliphatic heterocycles. The maximum Gasteiger partial charge on any atom is 0.416 e. The third-order valence-corrected chi connectivity index (χ3v) is 6.98. The van der Waals surface area contributed by atoms with Crippen molar-refractivity contribution in [1.29, 1.82) is 0 Å². The topological polar surface area (TPSA) is 66.3 Å². The predicted molar refractivity (Wildman–Crippen MR) is 114 cm³/mol. The Bertz CT molecular complexity index is 938. The summed E-state index contributed by atoms with van der Waals surface area (Å²) in [5.74, 6) is 0.376. The Hall–Kier alpha value is -2.62. The molecular weight excluding hydrogens is 421 g/mol. The van der Waals surface area contributed by atoms with Crippen molar-refractivity contribution in [3.8, 4) is 0 Å². The number of piperidine rings is 2. The Balaban J connectivity index is 1.33. The molecule has 1 N–H and O–H groups in total. The summed E-state index contributed by atoms with van der Waals surface area (Å²) in [6, 6.07) is 4.77. The highest BCUT2D eigenvalue weighted by Crippen LogP contribution is 2.41. The molecule has 0 saturated carbocycles. The molecular formula is C22H29F3N6O. The average molecular weight is 451 g/mol. The number of urea groups is 1. The lowest BCUT2D eigenvalue weighted by Crippen LogP contribution is -2.48. The number of benzene rings is 1. The summed E-state index contributed by atoms with van der Waals surface area (Å²) in [5, 5.41) is 11.0. The Kier molecular flexibility index (Phi) is 6.15. The van der Waals surface area contributed by atoms with Crippen molar-refractivity contribution in [3.05, 3.63) is 41.1 Å². The zero-order valence-corrected chi connectivity index (χ0v) is 18.5. The number of carbonyl (C=O) groups is 1. The van der Waals surface area contributed by atoms with Gasteiger partial charge in [0.1, 0.15) is 0 Å². The zero-order chi connectivity index (χ0) is 22.9. The van der Waals surface area contributed by atoms with Crippen LogP contribution < -0.4 is 5.32 Å². The number of nitrogens with zero attached hydrogens (tertiary/aromatic N) is 5. The van der Waals surface area contributed by atoms with Crippen LogP contribution in [0.3, 0.4) is 0 Å². The maximum atomic E-state index is 12.8. The van der Waals surface area contributed by atoms with Crippen molar-refractivity contribution >= 4 is 11.8 Å². The van der Waals surface area contributed by atoms with E-state index < -0.39 is 11.7 Å². The third-order valence-electron chi connectivity index (χ3n) is 6.98. The number of aromatic nitrogens is 3. The maximum absolute atomic E-state index is 12.8. The van der Waals surface area contributed by atoms with Gasteiger partial charge in [-0.3, -0.25) is 5.32 Å².